The summed E-state index contributed by atoms with van der Waals surface area (Å²) in [6, 6.07) is 21.7. The van der Waals surface area contributed by atoms with Crippen LogP contribution in [0.5, 0.6) is 0 Å². The van der Waals surface area contributed by atoms with Gasteiger partial charge in [-0.15, -0.1) is 10.2 Å². The molecule has 3 aromatic carbocycles. The fourth-order valence-corrected chi connectivity index (χ4v) is 3.15. The van der Waals surface area contributed by atoms with Crippen molar-refractivity contribution in [1.29, 1.82) is 0 Å². The van der Waals surface area contributed by atoms with Gasteiger partial charge in [-0.25, -0.2) is 0 Å². The first-order valence-electron chi connectivity index (χ1n) is 8.16. The van der Waals surface area contributed by atoms with Gasteiger partial charge in [-0.3, -0.25) is 0 Å². The Morgan fingerprint density at radius 1 is 0.769 bits per heavy atom. The summed E-state index contributed by atoms with van der Waals surface area (Å²) in [5.41, 5.74) is 3.88. The number of benzene rings is 3. The zero-order valence-electron chi connectivity index (χ0n) is 14.0. The van der Waals surface area contributed by atoms with E-state index >= 15 is 0 Å². The van der Waals surface area contributed by atoms with Gasteiger partial charge in [0.25, 0.3) is 0 Å². The number of anilines is 2. The van der Waals surface area contributed by atoms with Crippen LogP contribution < -0.4 is 5.32 Å². The Morgan fingerprint density at radius 3 is 2.12 bits per heavy atom. The summed E-state index contributed by atoms with van der Waals surface area (Å²) < 4.78 is 0. The molecule has 0 aliphatic heterocycles. The number of rotatable bonds is 3. The van der Waals surface area contributed by atoms with E-state index in [4.69, 9.17) is 23.2 Å². The molecule has 3 nitrogen and oxygen atoms in total. The Morgan fingerprint density at radius 2 is 1.42 bits per heavy atom. The molecule has 0 unspecified atom stereocenters. The fourth-order valence-electron chi connectivity index (χ4n) is 2.82. The minimum Gasteiger partial charge on any atom is -0.338 e. The first-order valence-corrected chi connectivity index (χ1v) is 8.92. The number of aryl methyl sites for hydroxylation is 1. The van der Waals surface area contributed by atoms with E-state index in [0.29, 0.717) is 15.9 Å². The largest absolute Gasteiger partial charge is 0.338 e. The van der Waals surface area contributed by atoms with Crippen LogP contribution in [0.4, 0.5) is 11.5 Å². The summed E-state index contributed by atoms with van der Waals surface area (Å²) >= 11 is 12.6. The van der Waals surface area contributed by atoms with Gasteiger partial charge in [0.1, 0.15) is 5.69 Å². The van der Waals surface area contributed by atoms with E-state index in [0.717, 1.165) is 27.7 Å². The van der Waals surface area contributed by atoms with Crippen molar-refractivity contribution in [3.05, 3.63) is 82.3 Å². The molecule has 0 radical (unpaired) electrons. The van der Waals surface area contributed by atoms with Crippen LogP contribution in [0.1, 0.15) is 5.56 Å². The van der Waals surface area contributed by atoms with Crippen molar-refractivity contribution in [2.75, 3.05) is 5.32 Å². The molecule has 128 valence electrons. The average Bonchev–Trinajstić information content (AvgIpc) is 2.65. The number of hydrogen-bond donors (Lipinski definition) is 1. The molecule has 0 aliphatic carbocycles. The smallest absolute Gasteiger partial charge is 0.161 e. The molecule has 0 aliphatic rings. The molecule has 0 saturated heterocycles. The summed E-state index contributed by atoms with van der Waals surface area (Å²) in [6.07, 6.45) is 0. The number of fused-ring (bicyclic) bond motifs is 1. The Hall–Kier alpha value is -2.62. The first kappa shape index (κ1) is 16.8. The van der Waals surface area contributed by atoms with Crippen molar-refractivity contribution >= 4 is 45.5 Å². The third-order valence-corrected chi connectivity index (χ3v) is 4.90. The Kier molecular flexibility index (Phi) is 4.49. The minimum atomic E-state index is 0.484. The number of halogens is 2. The normalized spacial score (nSPS) is 10.9. The maximum Gasteiger partial charge on any atom is 0.161 e. The second-order valence-electron chi connectivity index (χ2n) is 6.07. The molecule has 0 bridgehead atoms. The van der Waals surface area contributed by atoms with Gasteiger partial charge in [0.2, 0.25) is 0 Å². The lowest BCUT2D eigenvalue weighted by Gasteiger charge is -2.12. The molecule has 0 spiro atoms. The van der Waals surface area contributed by atoms with Crippen LogP contribution in [0, 0.1) is 6.92 Å². The minimum absolute atomic E-state index is 0.484. The van der Waals surface area contributed by atoms with Crippen molar-refractivity contribution < 1.29 is 0 Å². The van der Waals surface area contributed by atoms with Crippen LogP contribution in [0.25, 0.3) is 22.0 Å². The number of aromatic nitrogens is 2. The summed E-state index contributed by atoms with van der Waals surface area (Å²) in [5, 5.41) is 14.9. The van der Waals surface area contributed by atoms with Crippen molar-refractivity contribution in [2.45, 2.75) is 6.92 Å². The maximum atomic E-state index is 6.28. The number of hydrogen-bond acceptors (Lipinski definition) is 3. The van der Waals surface area contributed by atoms with Gasteiger partial charge in [0, 0.05) is 22.0 Å². The Bertz CT molecular complexity index is 1080. The molecule has 0 saturated carbocycles. The number of para-hydroxylation sites is 1. The fraction of sp³-hybridized carbons (Fsp3) is 0.0476. The van der Waals surface area contributed by atoms with Crippen LogP contribution in [0.2, 0.25) is 10.0 Å². The van der Waals surface area contributed by atoms with Gasteiger partial charge in [0.05, 0.1) is 10.0 Å². The molecular formula is C21H15Cl2N3. The van der Waals surface area contributed by atoms with Crippen LogP contribution in [-0.4, -0.2) is 10.2 Å². The van der Waals surface area contributed by atoms with Crippen LogP contribution in [0.15, 0.2) is 66.7 Å². The predicted octanol–water partition coefficient (Wildman–Crippen LogP) is 6.66. The molecule has 26 heavy (non-hydrogen) atoms. The van der Waals surface area contributed by atoms with E-state index in [-0.39, 0.29) is 0 Å². The van der Waals surface area contributed by atoms with Gasteiger partial charge in [-0.2, -0.15) is 0 Å². The van der Waals surface area contributed by atoms with Crippen molar-refractivity contribution in [3.8, 4) is 11.3 Å². The molecule has 1 aromatic heterocycles. The zero-order valence-corrected chi connectivity index (χ0v) is 15.5. The third-order valence-electron chi connectivity index (χ3n) is 4.18. The SMILES string of the molecule is Cc1ccc(-c2nnc(Nc3ccccc3)c3cc(Cl)c(Cl)cc23)cc1. The van der Waals surface area contributed by atoms with Gasteiger partial charge in [0.15, 0.2) is 5.82 Å². The zero-order chi connectivity index (χ0) is 18.1. The molecule has 0 fully saturated rings. The van der Waals surface area contributed by atoms with Gasteiger partial charge < -0.3 is 5.32 Å². The molecular weight excluding hydrogens is 365 g/mol. The topological polar surface area (TPSA) is 37.8 Å². The monoisotopic (exact) mass is 379 g/mol. The maximum absolute atomic E-state index is 6.28. The highest BCUT2D eigenvalue weighted by atomic mass is 35.5. The molecule has 4 rings (SSSR count). The lowest BCUT2D eigenvalue weighted by Crippen LogP contribution is -1.99. The molecule has 0 atom stereocenters. The van der Waals surface area contributed by atoms with E-state index in [2.05, 4.69) is 34.6 Å². The highest BCUT2D eigenvalue weighted by Gasteiger charge is 2.14. The predicted molar refractivity (Wildman–Crippen MR) is 109 cm³/mol. The highest BCUT2D eigenvalue weighted by Crippen LogP contribution is 2.36. The van der Waals surface area contributed by atoms with E-state index in [9.17, 15) is 0 Å². The second kappa shape index (κ2) is 6.94. The van der Waals surface area contributed by atoms with E-state index in [1.165, 1.54) is 5.56 Å². The van der Waals surface area contributed by atoms with Gasteiger partial charge in [-0.1, -0.05) is 71.2 Å². The van der Waals surface area contributed by atoms with Crippen molar-refractivity contribution in [2.24, 2.45) is 0 Å². The highest BCUT2D eigenvalue weighted by molar-refractivity contribution is 6.43. The first-order chi connectivity index (χ1) is 12.6. The Labute approximate surface area is 161 Å². The molecule has 1 heterocycles. The second-order valence-corrected chi connectivity index (χ2v) is 6.88. The lowest BCUT2D eigenvalue weighted by molar-refractivity contribution is 1.06. The van der Waals surface area contributed by atoms with Crippen molar-refractivity contribution in [3.63, 3.8) is 0 Å². The molecule has 5 heteroatoms. The van der Waals surface area contributed by atoms with E-state index in [1.807, 2.05) is 54.6 Å². The van der Waals surface area contributed by atoms with Gasteiger partial charge in [-0.05, 0) is 31.2 Å². The average molecular weight is 380 g/mol. The lowest BCUT2D eigenvalue weighted by atomic mass is 10.0. The van der Waals surface area contributed by atoms with Crippen LogP contribution in [0.3, 0.4) is 0 Å². The Balaban J connectivity index is 1.91. The summed E-state index contributed by atoms with van der Waals surface area (Å²) in [6.45, 7) is 2.05. The number of nitrogens with one attached hydrogen (secondary N) is 1. The molecule has 1 N–H and O–H groups in total. The standard InChI is InChI=1S/C21H15Cl2N3/c1-13-7-9-14(10-8-13)20-16-11-18(22)19(23)12-17(16)21(26-25-20)24-15-5-3-2-4-6-15/h2-12H,1H3,(H,24,26). The van der Waals surface area contributed by atoms with Crippen LogP contribution in [-0.2, 0) is 0 Å². The van der Waals surface area contributed by atoms with E-state index in [1.54, 1.807) is 0 Å². The summed E-state index contributed by atoms with van der Waals surface area (Å²) in [4.78, 5) is 0. The summed E-state index contributed by atoms with van der Waals surface area (Å²) in [5.74, 6) is 0.639. The third kappa shape index (κ3) is 3.24. The molecule has 0 amide bonds. The van der Waals surface area contributed by atoms with Crippen molar-refractivity contribution in [1.82, 2.24) is 10.2 Å². The van der Waals surface area contributed by atoms with Crippen LogP contribution >= 0.6 is 23.2 Å². The summed E-state index contributed by atoms with van der Waals surface area (Å²) in [7, 11) is 0. The number of nitrogens with zero attached hydrogens (tertiary/aromatic N) is 2. The quantitative estimate of drug-likeness (QED) is 0.432. The van der Waals surface area contributed by atoms with E-state index < -0.39 is 0 Å². The van der Waals surface area contributed by atoms with Gasteiger partial charge >= 0.3 is 0 Å². The molecule has 4 aromatic rings.